The predicted molar refractivity (Wildman–Crippen MR) is 130 cm³/mol. The van der Waals surface area contributed by atoms with Crippen molar-refractivity contribution >= 4 is 33.8 Å². The largest absolute Gasteiger partial charge is 0.459 e. The molecule has 1 saturated heterocycles. The van der Waals surface area contributed by atoms with E-state index in [1.54, 1.807) is 78.9 Å². The van der Waals surface area contributed by atoms with Gasteiger partial charge in [-0.15, -0.1) is 0 Å². The van der Waals surface area contributed by atoms with E-state index in [-0.39, 0.29) is 11.1 Å². The van der Waals surface area contributed by atoms with Gasteiger partial charge in [0.05, 0.1) is 16.7 Å². The molecule has 0 radical (unpaired) electrons. The lowest BCUT2D eigenvalue weighted by molar-refractivity contribution is -0.185. The van der Waals surface area contributed by atoms with Gasteiger partial charge in [-0.3, -0.25) is 0 Å². The highest BCUT2D eigenvalue weighted by molar-refractivity contribution is 9.09. The Hall–Kier alpha value is -3.56. The Morgan fingerprint density at radius 3 is 1.58 bits per heavy atom. The average Bonchev–Trinajstić information content (AvgIpc) is 2.92. The van der Waals surface area contributed by atoms with Crippen molar-refractivity contribution in [3.8, 4) is 0 Å². The summed E-state index contributed by atoms with van der Waals surface area (Å²) in [7, 11) is 0. The molecule has 0 amide bonds. The van der Waals surface area contributed by atoms with E-state index in [0.29, 0.717) is 5.56 Å². The SMILES string of the molecule is O=C(OCC1O[C@H](Br)C(OC(=O)c2ccccc2)C(OC(=O)c2ccccc2)[C@@H]1F)c1ccccc1. The van der Waals surface area contributed by atoms with Crippen LogP contribution < -0.4 is 0 Å². The fraction of sp³-hybridized carbons (Fsp3) is 0.222. The zero-order chi connectivity index (χ0) is 25.5. The molecule has 36 heavy (non-hydrogen) atoms. The third-order valence-corrected chi connectivity index (χ3v) is 6.19. The molecule has 5 atom stereocenters. The lowest BCUT2D eigenvalue weighted by Gasteiger charge is -2.40. The zero-order valence-corrected chi connectivity index (χ0v) is 20.5. The molecule has 3 aromatic carbocycles. The van der Waals surface area contributed by atoms with Gasteiger partial charge in [0.15, 0.2) is 23.4 Å². The second-order valence-corrected chi connectivity index (χ2v) is 8.81. The molecule has 0 N–H and O–H groups in total. The number of ether oxygens (including phenoxy) is 4. The Labute approximate surface area is 215 Å². The first-order chi connectivity index (χ1) is 17.4. The molecule has 3 aromatic rings. The monoisotopic (exact) mass is 556 g/mol. The summed E-state index contributed by atoms with van der Waals surface area (Å²) in [6.45, 7) is -0.449. The molecule has 0 saturated carbocycles. The van der Waals surface area contributed by atoms with Gasteiger partial charge in [-0.05, 0) is 36.4 Å². The van der Waals surface area contributed by atoms with Gasteiger partial charge in [-0.1, -0.05) is 70.5 Å². The fourth-order valence-electron chi connectivity index (χ4n) is 3.59. The van der Waals surface area contributed by atoms with E-state index < -0.39 is 54.0 Å². The molecular formula is C27H22BrFO7. The number of carbonyl (C=O) groups excluding carboxylic acids is 3. The van der Waals surface area contributed by atoms with Crippen LogP contribution >= 0.6 is 15.9 Å². The normalized spacial score (nSPS) is 23.3. The van der Waals surface area contributed by atoms with Crippen molar-refractivity contribution in [2.75, 3.05) is 6.61 Å². The topological polar surface area (TPSA) is 88.1 Å². The molecule has 4 rings (SSSR count). The summed E-state index contributed by atoms with van der Waals surface area (Å²) < 4.78 is 37.6. The Bertz CT molecular complexity index is 1180. The number of hydrogen-bond acceptors (Lipinski definition) is 7. The van der Waals surface area contributed by atoms with Crippen LogP contribution in [0.4, 0.5) is 4.39 Å². The summed E-state index contributed by atoms with van der Waals surface area (Å²) in [6.07, 6.45) is -6.11. The predicted octanol–water partition coefficient (Wildman–Crippen LogP) is 4.75. The van der Waals surface area contributed by atoms with Crippen LogP contribution in [0.5, 0.6) is 0 Å². The highest BCUT2D eigenvalue weighted by Gasteiger charge is 2.50. The summed E-state index contributed by atoms with van der Waals surface area (Å²) in [6, 6.07) is 24.4. The van der Waals surface area contributed by atoms with Crippen molar-refractivity contribution in [3.63, 3.8) is 0 Å². The van der Waals surface area contributed by atoms with Crippen molar-refractivity contribution in [1.29, 1.82) is 0 Å². The van der Waals surface area contributed by atoms with Crippen LogP contribution in [0.3, 0.4) is 0 Å². The van der Waals surface area contributed by atoms with Crippen LogP contribution in [0.1, 0.15) is 31.1 Å². The second-order valence-electron chi connectivity index (χ2n) is 7.91. The van der Waals surface area contributed by atoms with Crippen molar-refractivity contribution in [3.05, 3.63) is 108 Å². The highest BCUT2D eigenvalue weighted by Crippen LogP contribution is 2.32. The van der Waals surface area contributed by atoms with Gasteiger partial charge >= 0.3 is 17.9 Å². The van der Waals surface area contributed by atoms with Gasteiger partial charge in [-0.2, -0.15) is 0 Å². The minimum Gasteiger partial charge on any atom is -0.459 e. The van der Waals surface area contributed by atoms with Gasteiger partial charge in [0.25, 0.3) is 0 Å². The first-order valence-corrected chi connectivity index (χ1v) is 12.0. The number of alkyl halides is 2. The van der Waals surface area contributed by atoms with Gasteiger partial charge in [0.1, 0.15) is 12.7 Å². The molecule has 0 aromatic heterocycles. The molecule has 1 aliphatic heterocycles. The smallest absolute Gasteiger partial charge is 0.338 e. The lowest BCUT2D eigenvalue weighted by Crippen LogP contribution is -2.58. The number of halogens is 2. The molecule has 1 aliphatic rings. The van der Waals surface area contributed by atoms with Crippen molar-refractivity contribution in [2.24, 2.45) is 0 Å². The summed E-state index contributed by atoms with van der Waals surface area (Å²) >= 11 is 3.26. The van der Waals surface area contributed by atoms with Crippen LogP contribution in [0.2, 0.25) is 0 Å². The maximum absolute atomic E-state index is 15.7. The fourth-order valence-corrected chi connectivity index (χ4v) is 4.28. The van der Waals surface area contributed by atoms with E-state index >= 15 is 4.39 Å². The number of rotatable bonds is 7. The Morgan fingerprint density at radius 2 is 1.11 bits per heavy atom. The third kappa shape index (κ3) is 6.16. The van der Waals surface area contributed by atoms with E-state index in [9.17, 15) is 14.4 Å². The highest BCUT2D eigenvalue weighted by atomic mass is 79.9. The van der Waals surface area contributed by atoms with E-state index in [4.69, 9.17) is 18.9 Å². The van der Waals surface area contributed by atoms with E-state index in [1.165, 1.54) is 12.1 Å². The Kier molecular flexibility index (Phi) is 8.45. The van der Waals surface area contributed by atoms with Crippen LogP contribution in [-0.4, -0.2) is 54.0 Å². The van der Waals surface area contributed by atoms with Gasteiger partial charge < -0.3 is 18.9 Å². The summed E-state index contributed by atoms with van der Waals surface area (Å²) in [5.74, 6) is -2.20. The van der Waals surface area contributed by atoms with Crippen LogP contribution in [-0.2, 0) is 18.9 Å². The minimum atomic E-state index is -1.97. The van der Waals surface area contributed by atoms with Crippen LogP contribution in [0.15, 0.2) is 91.0 Å². The molecular weight excluding hydrogens is 535 g/mol. The average molecular weight is 557 g/mol. The van der Waals surface area contributed by atoms with Gasteiger partial charge in [0, 0.05) is 0 Å². The first kappa shape index (κ1) is 25.5. The maximum Gasteiger partial charge on any atom is 0.338 e. The molecule has 1 fully saturated rings. The number of hydrogen-bond donors (Lipinski definition) is 0. The quantitative estimate of drug-likeness (QED) is 0.235. The van der Waals surface area contributed by atoms with Crippen molar-refractivity contribution < 1.29 is 37.7 Å². The number of carbonyl (C=O) groups is 3. The van der Waals surface area contributed by atoms with Crippen molar-refractivity contribution in [2.45, 2.75) is 29.5 Å². The summed E-state index contributed by atoms with van der Waals surface area (Å²) in [5, 5.41) is -1.05. The molecule has 186 valence electrons. The van der Waals surface area contributed by atoms with Crippen LogP contribution in [0, 0.1) is 0 Å². The second kappa shape index (κ2) is 11.9. The zero-order valence-electron chi connectivity index (χ0n) is 18.9. The molecule has 1 heterocycles. The molecule has 0 bridgehead atoms. The van der Waals surface area contributed by atoms with E-state index in [1.807, 2.05) is 0 Å². The Balaban J connectivity index is 1.52. The van der Waals surface area contributed by atoms with E-state index in [0.717, 1.165) is 0 Å². The molecule has 3 unspecified atom stereocenters. The lowest BCUT2D eigenvalue weighted by atomic mass is 10.0. The first-order valence-electron chi connectivity index (χ1n) is 11.1. The van der Waals surface area contributed by atoms with Crippen LogP contribution in [0.25, 0.3) is 0 Å². The minimum absolute atomic E-state index is 0.197. The van der Waals surface area contributed by atoms with E-state index in [2.05, 4.69) is 15.9 Å². The van der Waals surface area contributed by atoms with Crippen molar-refractivity contribution in [1.82, 2.24) is 0 Å². The van der Waals surface area contributed by atoms with Gasteiger partial charge in [0.2, 0.25) is 0 Å². The molecule has 9 heteroatoms. The summed E-state index contributed by atoms with van der Waals surface area (Å²) in [5.41, 5.74) is 0.725. The number of esters is 3. The molecule has 0 spiro atoms. The standard InChI is InChI=1S/C27H22BrFO7/c28-24-23(36-27(32)19-14-8-3-9-15-19)22(35-26(31)18-12-6-2-7-13-18)21(29)20(34-24)16-33-25(30)17-10-4-1-5-11-17/h1-15,20-24H,16H2/t20?,21-,22?,23?,24+/m1/s1. The molecule has 7 nitrogen and oxygen atoms in total. The summed E-state index contributed by atoms with van der Waals surface area (Å²) in [4.78, 5) is 37.8. The maximum atomic E-state index is 15.7. The molecule has 0 aliphatic carbocycles. The number of benzene rings is 3. The third-order valence-electron chi connectivity index (χ3n) is 5.45. The Morgan fingerprint density at radius 1 is 0.694 bits per heavy atom. The van der Waals surface area contributed by atoms with Gasteiger partial charge in [-0.25, -0.2) is 18.8 Å².